The van der Waals surface area contributed by atoms with Crippen LogP contribution in [0, 0.1) is 17.8 Å². The van der Waals surface area contributed by atoms with Crippen LogP contribution in [0.15, 0.2) is 18.2 Å². The van der Waals surface area contributed by atoms with Crippen molar-refractivity contribution in [2.24, 2.45) is 17.8 Å². The Morgan fingerprint density at radius 1 is 1.05 bits per heavy atom. The molecule has 2 bridgehead atoms. The summed E-state index contributed by atoms with van der Waals surface area (Å²) in [5, 5.41) is 3.60. The summed E-state index contributed by atoms with van der Waals surface area (Å²) in [6.07, 6.45) is 5.82. The third kappa shape index (κ3) is 3.28. The van der Waals surface area contributed by atoms with E-state index in [4.69, 9.17) is 9.47 Å². The van der Waals surface area contributed by atoms with E-state index in [1.165, 1.54) is 25.7 Å². The molecule has 3 heteroatoms. The highest BCUT2D eigenvalue weighted by atomic mass is 16.5. The summed E-state index contributed by atoms with van der Waals surface area (Å²) < 4.78 is 11.3. The van der Waals surface area contributed by atoms with Crippen LogP contribution in [0.4, 0.5) is 5.69 Å². The summed E-state index contributed by atoms with van der Waals surface area (Å²) in [6, 6.07) is 6.18. The fraction of sp³-hybridized carbons (Fsp3) is 0.667. The first-order valence-electron chi connectivity index (χ1n) is 8.43. The molecule has 0 aromatic heterocycles. The summed E-state index contributed by atoms with van der Waals surface area (Å²) in [4.78, 5) is 0. The van der Waals surface area contributed by atoms with Crippen LogP contribution < -0.4 is 14.8 Å². The third-order valence-electron chi connectivity index (χ3n) is 5.00. The van der Waals surface area contributed by atoms with Gasteiger partial charge >= 0.3 is 0 Å². The van der Waals surface area contributed by atoms with E-state index in [1.54, 1.807) is 0 Å². The average molecular weight is 289 g/mol. The van der Waals surface area contributed by atoms with E-state index in [1.807, 2.05) is 19.9 Å². The van der Waals surface area contributed by atoms with Crippen molar-refractivity contribution < 1.29 is 9.47 Å². The fourth-order valence-corrected chi connectivity index (χ4v) is 4.04. The predicted molar refractivity (Wildman–Crippen MR) is 86.2 cm³/mol. The standard InChI is InChI=1S/C18H27NO2/c1-3-20-17-8-7-16(11-18(17)21-4-2)19-12-15-10-13-5-6-14(15)9-13/h7-8,11,13-15,19H,3-6,9-10,12H2,1-2H3. The second kappa shape index (κ2) is 6.59. The maximum Gasteiger partial charge on any atom is 0.163 e. The molecule has 2 fully saturated rings. The molecule has 3 nitrogen and oxygen atoms in total. The molecule has 0 heterocycles. The molecule has 3 unspecified atom stereocenters. The van der Waals surface area contributed by atoms with Crippen molar-refractivity contribution in [1.82, 2.24) is 0 Å². The molecule has 1 aromatic rings. The minimum Gasteiger partial charge on any atom is -0.490 e. The largest absolute Gasteiger partial charge is 0.490 e. The van der Waals surface area contributed by atoms with E-state index in [0.717, 1.165) is 41.5 Å². The molecule has 2 aliphatic rings. The van der Waals surface area contributed by atoms with Crippen LogP contribution in [0.5, 0.6) is 11.5 Å². The van der Waals surface area contributed by atoms with Crippen molar-refractivity contribution in [3.8, 4) is 11.5 Å². The van der Waals surface area contributed by atoms with E-state index in [2.05, 4.69) is 17.4 Å². The highest BCUT2D eigenvalue weighted by Gasteiger charge is 2.38. The second-order valence-electron chi connectivity index (χ2n) is 6.34. The Hall–Kier alpha value is -1.38. The van der Waals surface area contributed by atoms with Crippen LogP contribution >= 0.6 is 0 Å². The monoisotopic (exact) mass is 289 g/mol. The Labute approximate surface area is 128 Å². The zero-order chi connectivity index (χ0) is 14.7. The van der Waals surface area contributed by atoms with E-state index < -0.39 is 0 Å². The lowest BCUT2D eigenvalue weighted by molar-refractivity contribution is 0.288. The molecule has 3 atom stereocenters. The molecule has 116 valence electrons. The lowest BCUT2D eigenvalue weighted by atomic mass is 9.89. The normalized spacial score (nSPS) is 26.9. The lowest BCUT2D eigenvalue weighted by Gasteiger charge is -2.22. The molecule has 0 saturated heterocycles. The van der Waals surface area contributed by atoms with Gasteiger partial charge in [0.2, 0.25) is 0 Å². The van der Waals surface area contributed by atoms with E-state index in [0.29, 0.717) is 13.2 Å². The Balaban J connectivity index is 1.61. The number of nitrogens with one attached hydrogen (secondary N) is 1. The number of ether oxygens (including phenoxy) is 2. The van der Waals surface area contributed by atoms with Crippen molar-refractivity contribution in [3.63, 3.8) is 0 Å². The molecule has 0 spiro atoms. The van der Waals surface area contributed by atoms with Crippen LogP contribution in [0.3, 0.4) is 0 Å². The molecule has 2 saturated carbocycles. The van der Waals surface area contributed by atoms with Gasteiger partial charge in [-0.2, -0.15) is 0 Å². The molecule has 0 amide bonds. The maximum atomic E-state index is 5.69. The summed E-state index contributed by atoms with van der Waals surface area (Å²) in [5.74, 6) is 4.53. The molecule has 0 radical (unpaired) electrons. The van der Waals surface area contributed by atoms with Crippen molar-refractivity contribution in [2.75, 3.05) is 25.1 Å². The van der Waals surface area contributed by atoms with Crippen LogP contribution in [-0.4, -0.2) is 19.8 Å². The summed E-state index contributed by atoms with van der Waals surface area (Å²) >= 11 is 0. The van der Waals surface area contributed by atoms with Crippen LogP contribution in [0.2, 0.25) is 0 Å². The fourth-order valence-electron chi connectivity index (χ4n) is 4.04. The zero-order valence-electron chi connectivity index (χ0n) is 13.2. The molecule has 1 N–H and O–H groups in total. The Morgan fingerprint density at radius 2 is 1.86 bits per heavy atom. The van der Waals surface area contributed by atoms with Gasteiger partial charge in [-0.25, -0.2) is 0 Å². The SMILES string of the molecule is CCOc1ccc(NCC2CC3CCC2C3)cc1OCC. The summed E-state index contributed by atoms with van der Waals surface area (Å²) in [5.41, 5.74) is 1.14. The van der Waals surface area contributed by atoms with Gasteiger partial charge in [-0.1, -0.05) is 6.42 Å². The quantitative estimate of drug-likeness (QED) is 0.810. The van der Waals surface area contributed by atoms with Crippen LogP contribution in [0.25, 0.3) is 0 Å². The van der Waals surface area contributed by atoms with Gasteiger partial charge < -0.3 is 14.8 Å². The first-order chi connectivity index (χ1) is 10.3. The Bertz CT molecular complexity index is 474. The smallest absolute Gasteiger partial charge is 0.163 e. The Morgan fingerprint density at radius 3 is 2.52 bits per heavy atom. The van der Waals surface area contributed by atoms with Gasteiger partial charge in [0.1, 0.15) is 0 Å². The van der Waals surface area contributed by atoms with Crippen molar-refractivity contribution in [1.29, 1.82) is 0 Å². The number of rotatable bonds is 7. The maximum absolute atomic E-state index is 5.69. The van der Waals surface area contributed by atoms with Gasteiger partial charge in [-0.15, -0.1) is 0 Å². The van der Waals surface area contributed by atoms with E-state index >= 15 is 0 Å². The highest BCUT2D eigenvalue weighted by Crippen LogP contribution is 2.48. The van der Waals surface area contributed by atoms with Gasteiger partial charge in [-0.3, -0.25) is 0 Å². The minimum atomic E-state index is 0.663. The van der Waals surface area contributed by atoms with Gasteiger partial charge in [0, 0.05) is 18.3 Å². The van der Waals surface area contributed by atoms with Gasteiger partial charge in [-0.05, 0) is 63.0 Å². The second-order valence-corrected chi connectivity index (χ2v) is 6.34. The molecular weight excluding hydrogens is 262 g/mol. The average Bonchev–Trinajstić information content (AvgIpc) is 3.10. The topological polar surface area (TPSA) is 30.5 Å². The Kier molecular flexibility index (Phi) is 4.57. The molecule has 1 aromatic carbocycles. The molecule has 0 aliphatic heterocycles. The number of fused-ring (bicyclic) bond motifs is 2. The number of hydrogen-bond acceptors (Lipinski definition) is 3. The number of anilines is 1. The predicted octanol–water partition coefficient (Wildman–Crippen LogP) is 4.33. The van der Waals surface area contributed by atoms with Crippen molar-refractivity contribution >= 4 is 5.69 Å². The highest BCUT2D eigenvalue weighted by molar-refractivity contribution is 5.54. The van der Waals surface area contributed by atoms with Gasteiger partial charge in [0.25, 0.3) is 0 Å². The molecular formula is C18H27NO2. The number of benzene rings is 1. The first kappa shape index (κ1) is 14.6. The van der Waals surface area contributed by atoms with E-state index in [9.17, 15) is 0 Å². The minimum absolute atomic E-state index is 0.663. The van der Waals surface area contributed by atoms with Crippen molar-refractivity contribution in [3.05, 3.63) is 18.2 Å². The molecule has 21 heavy (non-hydrogen) atoms. The third-order valence-corrected chi connectivity index (χ3v) is 5.00. The van der Waals surface area contributed by atoms with Crippen LogP contribution in [0.1, 0.15) is 39.5 Å². The van der Waals surface area contributed by atoms with Crippen molar-refractivity contribution in [2.45, 2.75) is 39.5 Å². The van der Waals surface area contributed by atoms with Gasteiger partial charge in [0.05, 0.1) is 13.2 Å². The zero-order valence-corrected chi connectivity index (χ0v) is 13.2. The molecule has 3 rings (SSSR count). The van der Waals surface area contributed by atoms with E-state index in [-0.39, 0.29) is 0 Å². The number of hydrogen-bond donors (Lipinski definition) is 1. The van der Waals surface area contributed by atoms with Gasteiger partial charge in [0.15, 0.2) is 11.5 Å². The van der Waals surface area contributed by atoms with Crippen LogP contribution in [-0.2, 0) is 0 Å². The summed E-state index contributed by atoms with van der Waals surface area (Å²) in [6.45, 7) is 6.43. The lowest BCUT2D eigenvalue weighted by Crippen LogP contribution is -2.20. The summed E-state index contributed by atoms with van der Waals surface area (Å²) in [7, 11) is 0. The molecule has 2 aliphatic carbocycles. The first-order valence-corrected chi connectivity index (χ1v) is 8.43.